The van der Waals surface area contributed by atoms with Gasteiger partial charge in [0.05, 0.1) is 6.10 Å². The third-order valence-corrected chi connectivity index (χ3v) is 2.22. The highest BCUT2D eigenvalue weighted by Crippen LogP contribution is 2.17. The summed E-state index contributed by atoms with van der Waals surface area (Å²) >= 11 is 0. The molecule has 84 valence electrons. The van der Waals surface area contributed by atoms with Gasteiger partial charge in [-0.05, 0) is 51.5 Å². The fourth-order valence-corrected chi connectivity index (χ4v) is 1.28. The van der Waals surface area contributed by atoms with Crippen molar-refractivity contribution >= 4 is 5.69 Å². The first kappa shape index (κ1) is 11.9. The van der Waals surface area contributed by atoms with E-state index in [0.717, 1.165) is 17.9 Å². The van der Waals surface area contributed by atoms with Crippen molar-refractivity contribution < 1.29 is 4.74 Å². The van der Waals surface area contributed by atoms with Crippen molar-refractivity contribution in [3.8, 4) is 5.75 Å². The average Bonchev–Trinajstić information content (AvgIpc) is 2.20. The number of nitrogens with one attached hydrogen (secondary N) is 1. The van der Waals surface area contributed by atoms with Crippen molar-refractivity contribution in [2.45, 2.75) is 46.3 Å². The lowest BCUT2D eigenvalue weighted by Crippen LogP contribution is -2.11. The first-order valence-corrected chi connectivity index (χ1v) is 5.65. The molecule has 0 saturated heterocycles. The minimum Gasteiger partial charge on any atom is -0.491 e. The highest BCUT2D eigenvalue weighted by Gasteiger charge is 2.01. The molecule has 1 aromatic rings. The van der Waals surface area contributed by atoms with Crippen molar-refractivity contribution in [2.24, 2.45) is 0 Å². The molecule has 0 aromatic heterocycles. The summed E-state index contributed by atoms with van der Waals surface area (Å²) in [6.07, 6.45) is 1.32. The lowest BCUT2D eigenvalue weighted by Gasteiger charge is -2.14. The lowest BCUT2D eigenvalue weighted by atomic mass is 10.2. The van der Waals surface area contributed by atoms with Crippen LogP contribution in [0.15, 0.2) is 24.3 Å². The molecule has 0 spiro atoms. The van der Waals surface area contributed by atoms with Gasteiger partial charge in [-0.3, -0.25) is 0 Å². The Labute approximate surface area is 92.6 Å². The van der Waals surface area contributed by atoms with Gasteiger partial charge in [-0.25, -0.2) is 0 Å². The number of ether oxygens (including phenoxy) is 1. The molecule has 0 saturated carbocycles. The highest BCUT2D eigenvalue weighted by atomic mass is 16.5. The molecule has 2 nitrogen and oxygen atoms in total. The monoisotopic (exact) mass is 207 g/mol. The summed E-state index contributed by atoms with van der Waals surface area (Å²) in [5, 5.41) is 3.34. The minimum atomic E-state index is 0.286. The number of benzene rings is 1. The SMILES string of the molecule is CCC(C)Oc1ccc(NC(C)C)cc1. The molecule has 0 bridgehead atoms. The van der Waals surface area contributed by atoms with Crippen LogP contribution >= 0.6 is 0 Å². The van der Waals surface area contributed by atoms with Gasteiger partial charge in [0.25, 0.3) is 0 Å². The summed E-state index contributed by atoms with van der Waals surface area (Å²) in [4.78, 5) is 0. The van der Waals surface area contributed by atoms with Gasteiger partial charge in [0.1, 0.15) is 5.75 Å². The summed E-state index contributed by atoms with van der Waals surface area (Å²) < 4.78 is 5.70. The maximum Gasteiger partial charge on any atom is 0.119 e. The van der Waals surface area contributed by atoms with E-state index < -0.39 is 0 Å². The van der Waals surface area contributed by atoms with Gasteiger partial charge in [-0.1, -0.05) is 6.92 Å². The zero-order valence-electron chi connectivity index (χ0n) is 10.1. The van der Waals surface area contributed by atoms with Crippen LogP contribution in [0.1, 0.15) is 34.1 Å². The van der Waals surface area contributed by atoms with E-state index in [2.05, 4.69) is 45.1 Å². The van der Waals surface area contributed by atoms with Gasteiger partial charge in [-0.2, -0.15) is 0 Å². The molecule has 1 aromatic carbocycles. The van der Waals surface area contributed by atoms with Gasteiger partial charge in [0.15, 0.2) is 0 Å². The van der Waals surface area contributed by atoms with Crippen molar-refractivity contribution in [3.63, 3.8) is 0 Å². The number of hydrogen-bond donors (Lipinski definition) is 1. The molecule has 1 rings (SSSR count). The van der Waals surface area contributed by atoms with Crippen molar-refractivity contribution in [3.05, 3.63) is 24.3 Å². The van der Waals surface area contributed by atoms with E-state index in [1.165, 1.54) is 0 Å². The zero-order chi connectivity index (χ0) is 11.3. The molecule has 0 aliphatic heterocycles. The predicted octanol–water partition coefficient (Wildman–Crippen LogP) is 3.68. The maximum atomic E-state index is 5.70. The van der Waals surface area contributed by atoms with Crippen LogP contribution in [0.2, 0.25) is 0 Å². The van der Waals surface area contributed by atoms with E-state index in [0.29, 0.717) is 6.04 Å². The van der Waals surface area contributed by atoms with Crippen LogP contribution in [0, 0.1) is 0 Å². The first-order valence-electron chi connectivity index (χ1n) is 5.65. The van der Waals surface area contributed by atoms with E-state index >= 15 is 0 Å². The van der Waals surface area contributed by atoms with Crippen LogP contribution in [-0.2, 0) is 0 Å². The Hall–Kier alpha value is -1.18. The van der Waals surface area contributed by atoms with Gasteiger partial charge < -0.3 is 10.1 Å². The van der Waals surface area contributed by atoms with Crippen molar-refractivity contribution in [1.29, 1.82) is 0 Å². The molecular weight excluding hydrogens is 186 g/mol. The van der Waals surface area contributed by atoms with E-state index in [1.807, 2.05) is 12.1 Å². The quantitative estimate of drug-likeness (QED) is 0.795. The highest BCUT2D eigenvalue weighted by molar-refractivity contribution is 5.46. The van der Waals surface area contributed by atoms with Crippen LogP contribution in [0.5, 0.6) is 5.75 Å². The molecule has 1 N–H and O–H groups in total. The van der Waals surface area contributed by atoms with Crippen LogP contribution in [0.4, 0.5) is 5.69 Å². The number of anilines is 1. The first-order chi connectivity index (χ1) is 7.11. The molecule has 1 unspecified atom stereocenters. The summed E-state index contributed by atoms with van der Waals surface area (Å²) in [6.45, 7) is 8.47. The molecule has 0 fully saturated rings. The normalized spacial score (nSPS) is 12.6. The minimum absolute atomic E-state index is 0.286. The standard InChI is InChI=1S/C13H21NO/c1-5-11(4)15-13-8-6-12(7-9-13)14-10(2)3/h6-11,14H,5H2,1-4H3. The summed E-state index contributed by atoms with van der Waals surface area (Å²) in [5.41, 5.74) is 1.14. The third kappa shape index (κ3) is 4.24. The Morgan fingerprint density at radius 1 is 1.13 bits per heavy atom. The molecule has 0 aliphatic rings. The maximum absolute atomic E-state index is 5.70. The second kappa shape index (κ2) is 5.64. The Bertz CT molecular complexity index is 279. The van der Waals surface area contributed by atoms with E-state index in [4.69, 9.17) is 4.74 Å². The number of rotatable bonds is 5. The molecular formula is C13H21NO. The molecule has 0 aliphatic carbocycles. The second-order valence-corrected chi connectivity index (χ2v) is 4.16. The molecule has 1 atom stereocenters. The largest absolute Gasteiger partial charge is 0.491 e. The molecule has 2 heteroatoms. The van der Waals surface area contributed by atoms with E-state index in [9.17, 15) is 0 Å². The smallest absolute Gasteiger partial charge is 0.119 e. The molecule has 0 radical (unpaired) electrons. The van der Waals surface area contributed by atoms with Crippen LogP contribution in [-0.4, -0.2) is 12.1 Å². The van der Waals surface area contributed by atoms with Crippen LogP contribution < -0.4 is 10.1 Å². The number of hydrogen-bond acceptors (Lipinski definition) is 2. The Morgan fingerprint density at radius 3 is 2.20 bits per heavy atom. The van der Waals surface area contributed by atoms with Gasteiger partial charge >= 0.3 is 0 Å². The van der Waals surface area contributed by atoms with Gasteiger partial charge in [0.2, 0.25) is 0 Å². The summed E-state index contributed by atoms with van der Waals surface area (Å²) in [7, 11) is 0. The molecule has 0 heterocycles. The van der Waals surface area contributed by atoms with Gasteiger partial charge in [-0.15, -0.1) is 0 Å². The lowest BCUT2D eigenvalue weighted by molar-refractivity contribution is 0.217. The zero-order valence-corrected chi connectivity index (χ0v) is 10.1. The van der Waals surface area contributed by atoms with E-state index in [-0.39, 0.29) is 6.10 Å². The van der Waals surface area contributed by atoms with Crippen LogP contribution in [0.25, 0.3) is 0 Å². The Kier molecular flexibility index (Phi) is 4.47. The predicted molar refractivity (Wildman–Crippen MR) is 65.6 cm³/mol. The Morgan fingerprint density at radius 2 is 1.73 bits per heavy atom. The second-order valence-electron chi connectivity index (χ2n) is 4.16. The van der Waals surface area contributed by atoms with Crippen LogP contribution in [0.3, 0.4) is 0 Å². The fourth-order valence-electron chi connectivity index (χ4n) is 1.28. The topological polar surface area (TPSA) is 21.3 Å². The summed E-state index contributed by atoms with van der Waals surface area (Å²) in [6, 6.07) is 8.59. The third-order valence-electron chi connectivity index (χ3n) is 2.22. The Balaban J connectivity index is 2.56. The van der Waals surface area contributed by atoms with Crippen molar-refractivity contribution in [1.82, 2.24) is 0 Å². The van der Waals surface area contributed by atoms with E-state index in [1.54, 1.807) is 0 Å². The van der Waals surface area contributed by atoms with Crippen molar-refractivity contribution in [2.75, 3.05) is 5.32 Å². The fraction of sp³-hybridized carbons (Fsp3) is 0.538. The summed E-state index contributed by atoms with van der Waals surface area (Å²) in [5.74, 6) is 0.943. The molecule has 0 amide bonds. The molecule has 15 heavy (non-hydrogen) atoms. The average molecular weight is 207 g/mol. The van der Waals surface area contributed by atoms with Gasteiger partial charge in [0, 0.05) is 11.7 Å².